The van der Waals surface area contributed by atoms with Crippen LogP contribution in [0.1, 0.15) is 27.7 Å². The van der Waals surface area contributed by atoms with Crippen molar-refractivity contribution in [2.45, 2.75) is 38.9 Å². The van der Waals surface area contributed by atoms with Crippen LogP contribution in [0.15, 0.2) is 18.2 Å². The second-order valence-corrected chi connectivity index (χ2v) is 7.29. The number of benzene rings is 1. The molecule has 0 radical (unpaired) electrons. The minimum Gasteiger partial charge on any atom is -0.497 e. The van der Waals surface area contributed by atoms with Gasteiger partial charge in [-0.25, -0.2) is 0 Å². The van der Waals surface area contributed by atoms with E-state index >= 15 is 0 Å². The quantitative estimate of drug-likeness (QED) is 0.854. The van der Waals surface area contributed by atoms with Crippen LogP contribution >= 0.6 is 0 Å². The lowest BCUT2D eigenvalue weighted by Gasteiger charge is -2.32. The van der Waals surface area contributed by atoms with Gasteiger partial charge < -0.3 is 24.3 Å². The summed E-state index contributed by atoms with van der Waals surface area (Å²) >= 11 is 0. The number of rotatable bonds is 3. The molecule has 3 rings (SSSR count). The molecule has 0 atom stereocenters. The normalized spacial score (nSPS) is 23.2. The Kier molecular flexibility index (Phi) is 4.34. The minimum atomic E-state index is -0.364. The van der Waals surface area contributed by atoms with Gasteiger partial charge in [0.2, 0.25) is 0 Å². The zero-order valence-electron chi connectivity index (χ0n) is 14.8. The third-order valence-electron chi connectivity index (χ3n) is 5.16. The van der Waals surface area contributed by atoms with Crippen molar-refractivity contribution in [2.24, 2.45) is 0 Å². The van der Waals surface area contributed by atoms with Gasteiger partial charge >= 0.3 is 7.12 Å². The van der Waals surface area contributed by atoms with Crippen LogP contribution in [0.3, 0.4) is 0 Å². The molecule has 23 heavy (non-hydrogen) atoms. The highest BCUT2D eigenvalue weighted by molar-refractivity contribution is 6.62. The smallest absolute Gasteiger partial charge is 0.495 e. The molecule has 2 heterocycles. The fraction of sp³-hybridized carbons (Fsp3) is 0.647. The van der Waals surface area contributed by atoms with Crippen LogP contribution in [0.2, 0.25) is 0 Å². The number of hydrogen-bond donors (Lipinski definition) is 1. The number of nitrogens with zero attached hydrogens (tertiary/aromatic N) is 1. The number of methoxy groups -OCH3 is 1. The molecule has 2 fully saturated rings. The first-order valence-corrected chi connectivity index (χ1v) is 8.33. The van der Waals surface area contributed by atoms with Crippen molar-refractivity contribution >= 4 is 18.3 Å². The topological polar surface area (TPSA) is 43.0 Å². The average Bonchev–Trinajstić information content (AvgIpc) is 2.76. The predicted molar refractivity (Wildman–Crippen MR) is 93.8 cm³/mol. The van der Waals surface area contributed by atoms with Crippen LogP contribution in [0.5, 0.6) is 5.75 Å². The maximum absolute atomic E-state index is 6.18. The van der Waals surface area contributed by atoms with Gasteiger partial charge in [0.1, 0.15) is 5.75 Å². The average molecular weight is 318 g/mol. The van der Waals surface area contributed by atoms with E-state index in [0.717, 1.165) is 43.1 Å². The number of anilines is 1. The monoisotopic (exact) mass is 318 g/mol. The molecule has 1 aromatic carbocycles. The third kappa shape index (κ3) is 3.20. The van der Waals surface area contributed by atoms with E-state index in [0.29, 0.717) is 0 Å². The SMILES string of the molecule is COc1cc(B2OC(C)(C)C(C)(C)O2)cc(N2CCNCC2)c1. The molecule has 2 saturated heterocycles. The van der Waals surface area contributed by atoms with Gasteiger partial charge in [-0.05, 0) is 45.3 Å². The Labute approximate surface area is 139 Å². The van der Waals surface area contributed by atoms with Crippen molar-refractivity contribution in [1.82, 2.24) is 5.32 Å². The Morgan fingerprint density at radius 1 is 1.04 bits per heavy atom. The highest BCUT2D eigenvalue weighted by Gasteiger charge is 2.51. The molecular formula is C17H27BN2O3. The van der Waals surface area contributed by atoms with E-state index in [-0.39, 0.29) is 18.3 Å². The van der Waals surface area contributed by atoms with E-state index in [4.69, 9.17) is 14.0 Å². The standard InChI is InChI=1S/C17H27BN2O3/c1-16(2)17(3,4)23-18(22-16)13-10-14(12-15(11-13)21-5)20-8-6-19-7-9-20/h10-12,19H,6-9H2,1-5H3. The molecule has 126 valence electrons. The number of hydrogen-bond acceptors (Lipinski definition) is 5. The van der Waals surface area contributed by atoms with E-state index < -0.39 is 0 Å². The molecule has 6 heteroatoms. The summed E-state index contributed by atoms with van der Waals surface area (Å²) in [4.78, 5) is 2.37. The lowest BCUT2D eigenvalue weighted by Crippen LogP contribution is -2.44. The zero-order chi connectivity index (χ0) is 16.7. The van der Waals surface area contributed by atoms with E-state index in [9.17, 15) is 0 Å². The van der Waals surface area contributed by atoms with Crippen LogP contribution in [0.4, 0.5) is 5.69 Å². The Bertz CT molecular complexity index is 555. The first-order chi connectivity index (χ1) is 10.8. The molecule has 5 nitrogen and oxygen atoms in total. The van der Waals surface area contributed by atoms with Gasteiger partial charge in [0, 0.05) is 37.9 Å². The predicted octanol–water partition coefficient (Wildman–Crippen LogP) is 1.40. The van der Waals surface area contributed by atoms with Crippen molar-refractivity contribution in [3.05, 3.63) is 18.2 Å². The highest BCUT2D eigenvalue weighted by atomic mass is 16.7. The zero-order valence-corrected chi connectivity index (χ0v) is 14.8. The summed E-state index contributed by atoms with van der Waals surface area (Å²) in [5, 5.41) is 3.38. The Morgan fingerprint density at radius 3 is 2.22 bits per heavy atom. The summed E-state index contributed by atoms with van der Waals surface area (Å²) < 4.78 is 17.9. The van der Waals surface area contributed by atoms with Crippen molar-refractivity contribution < 1.29 is 14.0 Å². The molecule has 0 spiro atoms. The molecule has 0 amide bonds. The summed E-state index contributed by atoms with van der Waals surface area (Å²) in [6.45, 7) is 12.3. The number of nitrogens with one attached hydrogen (secondary N) is 1. The van der Waals surface area contributed by atoms with E-state index in [2.05, 4.69) is 50.0 Å². The molecule has 1 N–H and O–H groups in total. The lowest BCUT2D eigenvalue weighted by molar-refractivity contribution is 0.00578. The molecule has 0 aliphatic carbocycles. The van der Waals surface area contributed by atoms with Crippen LogP contribution in [-0.4, -0.2) is 51.6 Å². The van der Waals surface area contributed by atoms with E-state index in [1.54, 1.807) is 7.11 Å². The second kappa shape index (κ2) is 6.00. The summed E-state index contributed by atoms with van der Waals surface area (Å²) in [6, 6.07) is 6.25. The van der Waals surface area contributed by atoms with Gasteiger partial charge in [0.15, 0.2) is 0 Å². The molecule has 1 aromatic rings. The van der Waals surface area contributed by atoms with Crippen molar-refractivity contribution in [3.8, 4) is 5.75 Å². The second-order valence-electron chi connectivity index (χ2n) is 7.29. The van der Waals surface area contributed by atoms with Gasteiger partial charge in [-0.3, -0.25) is 0 Å². The minimum absolute atomic E-state index is 0.337. The molecule has 0 saturated carbocycles. The summed E-state index contributed by atoms with van der Waals surface area (Å²) in [7, 11) is 1.34. The maximum Gasteiger partial charge on any atom is 0.495 e. The van der Waals surface area contributed by atoms with Crippen molar-refractivity contribution in [3.63, 3.8) is 0 Å². The lowest BCUT2D eigenvalue weighted by atomic mass is 9.78. The fourth-order valence-electron chi connectivity index (χ4n) is 2.94. The van der Waals surface area contributed by atoms with Gasteiger partial charge in [-0.1, -0.05) is 0 Å². The summed E-state index contributed by atoms with van der Waals surface area (Å²) in [5.41, 5.74) is 1.50. The molecule has 0 aromatic heterocycles. The van der Waals surface area contributed by atoms with Crippen LogP contribution in [-0.2, 0) is 9.31 Å². The largest absolute Gasteiger partial charge is 0.497 e. The fourth-order valence-corrected chi connectivity index (χ4v) is 2.94. The van der Waals surface area contributed by atoms with E-state index in [1.165, 1.54) is 0 Å². The van der Waals surface area contributed by atoms with Gasteiger partial charge in [0.05, 0.1) is 18.3 Å². The van der Waals surface area contributed by atoms with E-state index in [1.807, 2.05) is 6.07 Å². The Morgan fingerprint density at radius 2 is 1.65 bits per heavy atom. The van der Waals surface area contributed by atoms with Crippen LogP contribution < -0.4 is 20.4 Å². The Balaban J connectivity index is 1.90. The number of ether oxygens (including phenoxy) is 1. The maximum atomic E-state index is 6.18. The third-order valence-corrected chi connectivity index (χ3v) is 5.16. The van der Waals surface area contributed by atoms with Crippen LogP contribution in [0.25, 0.3) is 0 Å². The molecule has 0 bridgehead atoms. The highest BCUT2D eigenvalue weighted by Crippen LogP contribution is 2.37. The first-order valence-electron chi connectivity index (χ1n) is 8.33. The Hall–Kier alpha value is -1.24. The molecule has 2 aliphatic rings. The molecule has 2 aliphatic heterocycles. The summed E-state index contributed by atoms with van der Waals surface area (Å²) in [6.07, 6.45) is 0. The van der Waals surface area contributed by atoms with Gasteiger partial charge in [0.25, 0.3) is 0 Å². The van der Waals surface area contributed by atoms with Crippen molar-refractivity contribution in [2.75, 3.05) is 38.2 Å². The van der Waals surface area contributed by atoms with Crippen LogP contribution in [0, 0.1) is 0 Å². The molecule has 0 unspecified atom stereocenters. The van der Waals surface area contributed by atoms with Gasteiger partial charge in [-0.2, -0.15) is 0 Å². The van der Waals surface area contributed by atoms with Gasteiger partial charge in [-0.15, -0.1) is 0 Å². The van der Waals surface area contributed by atoms with Crippen molar-refractivity contribution in [1.29, 1.82) is 0 Å². The first kappa shape index (κ1) is 16.6. The number of piperazine rings is 1. The molecular weight excluding hydrogens is 291 g/mol. The summed E-state index contributed by atoms with van der Waals surface area (Å²) in [5.74, 6) is 0.839.